The van der Waals surface area contributed by atoms with Gasteiger partial charge in [-0.25, -0.2) is 0 Å². The third kappa shape index (κ3) is 3.90. The van der Waals surface area contributed by atoms with Gasteiger partial charge in [0.25, 0.3) is 0 Å². The van der Waals surface area contributed by atoms with E-state index in [1.807, 2.05) is 37.4 Å². The molecule has 0 fully saturated rings. The van der Waals surface area contributed by atoms with Gasteiger partial charge in [-0.3, -0.25) is 4.79 Å². The topological polar surface area (TPSA) is 75.3 Å². The minimum Gasteiger partial charge on any atom is -0.480 e. The zero-order valence-corrected chi connectivity index (χ0v) is 9.39. The van der Waals surface area contributed by atoms with Gasteiger partial charge in [-0.15, -0.1) is 0 Å². The van der Waals surface area contributed by atoms with Crippen molar-refractivity contribution in [1.82, 2.24) is 5.32 Å². The molecule has 0 saturated heterocycles. The van der Waals surface area contributed by atoms with Gasteiger partial charge >= 0.3 is 5.97 Å². The molecule has 1 aliphatic heterocycles. The van der Waals surface area contributed by atoms with E-state index >= 15 is 0 Å². The lowest BCUT2D eigenvalue weighted by atomic mass is 9.95. The molecule has 88 valence electrons. The highest BCUT2D eigenvalue weighted by Gasteiger charge is 2.16. The Morgan fingerprint density at radius 2 is 2.44 bits per heavy atom. The summed E-state index contributed by atoms with van der Waals surface area (Å²) in [6.07, 6.45) is 10.2. The Morgan fingerprint density at radius 3 is 3.12 bits per heavy atom. The summed E-state index contributed by atoms with van der Waals surface area (Å²) in [6.45, 7) is 2.76. The van der Waals surface area contributed by atoms with E-state index in [1.54, 1.807) is 0 Å². The van der Waals surface area contributed by atoms with Crippen LogP contribution in [0.5, 0.6) is 0 Å². The zero-order valence-electron chi connectivity index (χ0n) is 9.39. The van der Waals surface area contributed by atoms with Crippen LogP contribution in [-0.2, 0) is 4.79 Å². The van der Waals surface area contributed by atoms with Crippen molar-refractivity contribution in [3.05, 3.63) is 36.1 Å². The minimum atomic E-state index is -0.963. The first-order valence-corrected chi connectivity index (χ1v) is 5.35. The molecule has 1 aliphatic rings. The van der Waals surface area contributed by atoms with Crippen LogP contribution in [0.2, 0.25) is 0 Å². The molecule has 16 heavy (non-hydrogen) atoms. The molecule has 0 saturated carbocycles. The van der Waals surface area contributed by atoms with E-state index in [0.717, 1.165) is 12.1 Å². The standard InChI is InChI=1S/C12H18N2O2/c1-9-5-3-2-4-6-14-8-10(9)7-11(13)12(15)16/h2-5,8-9,11,14H,6-7,13H2,1H3,(H,15,16)/b4-2-,5-3-,10-8?. The Balaban J connectivity index is 2.71. The van der Waals surface area contributed by atoms with E-state index in [-0.39, 0.29) is 5.92 Å². The predicted molar refractivity (Wildman–Crippen MR) is 63.8 cm³/mol. The molecule has 0 aromatic carbocycles. The van der Waals surface area contributed by atoms with E-state index in [4.69, 9.17) is 10.8 Å². The Labute approximate surface area is 95.5 Å². The highest BCUT2D eigenvalue weighted by atomic mass is 16.4. The highest BCUT2D eigenvalue weighted by Crippen LogP contribution is 2.17. The van der Waals surface area contributed by atoms with Gasteiger partial charge in [0, 0.05) is 6.54 Å². The van der Waals surface area contributed by atoms with Crippen molar-refractivity contribution in [3.8, 4) is 0 Å². The third-order valence-electron chi connectivity index (χ3n) is 2.53. The molecule has 0 radical (unpaired) electrons. The number of carbonyl (C=O) groups is 1. The maximum absolute atomic E-state index is 10.7. The molecule has 4 nitrogen and oxygen atoms in total. The number of carboxylic acid groups (broad SMARTS) is 1. The minimum absolute atomic E-state index is 0.195. The molecule has 4 heteroatoms. The molecule has 1 heterocycles. The first-order chi connectivity index (χ1) is 7.61. The first-order valence-electron chi connectivity index (χ1n) is 5.35. The van der Waals surface area contributed by atoms with Crippen LogP contribution in [0.1, 0.15) is 13.3 Å². The molecule has 1 rings (SSSR count). The maximum atomic E-state index is 10.7. The van der Waals surface area contributed by atoms with Crippen LogP contribution >= 0.6 is 0 Å². The number of allylic oxidation sites excluding steroid dienone is 3. The molecule has 0 aliphatic carbocycles. The molecular weight excluding hydrogens is 204 g/mol. The molecule has 0 bridgehead atoms. The summed E-state index contributed by atoms with van der Waals surface area (Å²) in [4.78, 5) is 10.7. The summed E-state index contributed by atoms with van der Waals surface area (Å²) in [5, 5.41) is 11.9. The van der Waals surface area contributed by atoms with Crippen molar-refractivity contribution in [3.63, 3.8) is 0 Å². The van der Waals surface area contributed by atoms with E-state index in [2.05, 4.69) is 5.32 Å². The van der Waals surface area contributed by atoms with Crippen molar-refractivity contribution in [2.24, 2.45) is 11.7 Å². The quantitative estimate of drug-likeness (QED) is 0.666. The van der Waals surface area contributed by atoms with E-state index in [1.165, 1.54) is 0 Å². The number of aliphatic carboxylic acids is 1. The molecule has 0 spiro atoms. The monoisotopic (exact) mass is 222 g/mol. The molecular formula is C12H18N2O2. The van der Waals surface area contributed by atoms with Crippen LogP contribution in [0.3, 0.4) is 0 Å². The zero-order chi connectivity index (χ0) is 12.0. The number of nitrogens with one attached hydrogen (secondary N) is 1. The van der Waals surface area contributed by atoms with Crippen LogP contribution in [0, 0.1) is 5.92 Å². The van der Waals surface area contributed by atoms with Crippen molar-refractivity contribution in [2.75, 3.05) is 6.54 Å². The number of hydrogen-bond donors (Lipinski definition) is 3. The molecule has 2 atom stereocenters. The molecule has 0 aromatic heterocycles. The van der Waals surface area contributed by atoms with Gasteiger partial charge in [-0.1, -0.05) is 31.2 Å². The van der Waals surface area contributed by atoms with Gasteiger partial charge < -0.3 is 16.2 Å². The highest BCUT2D eigenvalue weighted by molar-refractivity contribution is 5.73. The number of hydrogen-bond acceptors (Lipinski definition) is 3. The Kier molecular flexibility index (Phi) is 4.79. The van der Waals surface area contributed by atoms with Gasteiger partial charge in [0.2, 0.25) is 0 Å². The third-order valence-corrected chi connectivity index (χ3v) is 2.53. The van der Waals surface area contributed by atoms with E-state index in [0.29, 0.717) is 6.42 Å². The average molecular weight is 222 g/mol. The van der Waals surface area contributed by atoms with E-state index in [9.17, 15) is 4.79 Å². The summed E-state index contributed by atoms with van der Waals surface area (Å²) in [7, 11) is 0. The van der Waals surface area contributed by atoms with Crippen molar-refractivity contribution in [2.45, 2.75) is 19.4 Å². The maximum Gasteiger partial charge on any atom is 0.320 e. The second-order valence-corrected chi connectivity index (χ2v) is 3.88. The lowest BCUT2D eigenvalue weighted by molar-refractivity contribution is -0.138. The van der Waals surface area contributed by atoms with Crippen molar-refractivity contribution in [1.29, 1.82) is 0 Å². The fourth-order valence-electron chi connectivity index (χ4n) is 1.48. The van der Waals surface area contributed by atoms with Crippen LogP contribution in [0.15, 0.2) is 36.1 Å². The summed E-state index contributed by atoms with van der Waals surface area (Å²) >= 11 is 0. The Morgan fingerprint density at radius 1 is 1.69 bits per heavy atom. The lowest BCUT2D eigenvalue weighted by Gasteiger charge is -2.15. The van der Waals surface area contributed by atoms with Gasteiger partial charge in [0.05, 0.1) is 0 Å². The Bertz CT molecular complexity index is 332. The normalized spacial score (nSPS) is 26.4. The van der Waals surface area contributed by atoms with Crippen molar-refractivity contribution >= 4 is 5.97 Å². The smallest absolute Gasteiger partial charge is 0.320 e. The Hall–Kier alpha value is -1.55. The van der Waals surface area contributed by atoms with Crippen LogP contribution in [0.25, 0.3) is 0 Å². The molecule has 2 unspecified atom stereocenters. The molecule has 4 N–H and O–H groups in total. The first kappa shape index (κ1) is 12.5. The summed E-state index contributed by atoms with van der Waals surface area (Å²) in [5.74, 6) is -0.768. The molecule has 0 amide bonds. The van der Waals surface area contributed by atoms with E-state index < -0.39 is 12.0 Å². The summed E-state index contributed by atoms with van der Waals surface area (Å²) < 4.78 is 0. The molecule has 0 aromatic rings. The van der Waals surface area contributed by atoms with Crippen LogP contribution < -0.4 is 11.1 Å². The van der Waals surface area contributed by atoms with Gasteiger partial charge in [-0.2, -0.15) is 0 Å². The number of rotatable bonds is 3. The van der Waals surface area contributed by atoms with Crippen LogP contribution in [0.4, 0.5) is 0 Å². The fourth-order valence-corrected chi connectivity index (χ4v) is 1.48. The summed E-state index contributed by atoms with van der Waals surface area (Å²) in [6, 6.07) is -0.836. The van der Waals surface area contributed by atoms with Crippen LogP contribution in [-0.4, -0.2) is 23.7 Å². The van der Waals surface area contributed by atoms with Gasteiger partial charge in [-0.05, 0) is 24.1 Å². The van der Waals surface area contributed by atoms with Gasteiger partial charge in [0.15, 0.2) is 0 Å². The second kappa shape index (κ2) is 6.12. The lowest BCUT2D eigenvalue weighted by Crippen LogP contribution is -2.31. The number of carboxylic acids is 1. The van der Waals surface area contributed by atoms with Gasteiger partial charge in [0.1, 0.15) is 6.04 Å². The largest absolute Gasteiger partial charge is 0.480 e. The number of nitrogens with two attached hydrogens (primary N) is 1. The SMILES string of the molecule is CC1/C=C\C=C/CNC=C1CC(N)C(=O)O. The second-order valence-electron chi connectivity index (χ2n) is 3.88. The average Bonchev–Trinajstić information content (AvgIpc) is 2.33. The van der Waals surface area contributed by atoms with Crippen molar-refractivity contribution < 1.29 is 9.90 Å². The summed E-state index contributed by atoms with van der Waals surface area (Å²) in [5.41, 5.74) is 6.54. The predicted octanol–water partition coefficient (Wildman–Crippen LogP) is 1.02. The fraction of sp³-hybridized carbons (Fsp3) is 0.417.